The zero-order valence-corrected chi connectivity index (χ0v) is 15.7. The maximum Gasteiger partial charge on any atom is 0.164 e. The fraction of sp³-hybridized carbons (Fsp3) is 0.182. The molecule has 0 spiro atoms. The van der Waals surface area contributed by atoms with Crippen LogP contribution in [0.4, 0.5) is 0 Å². The van der Waals surface area contributed by atoms with Gasteiger partial charge in [-0.25, -0.2) is 0 Å². The predicted molar refractivity (Wildman–Crippen MR) is 104 cm³/mol. The van der Waals surface area contributed by atoms with Crippen LogP contribution < -0.4 is 14.2 Å². The van der Waals surface area contributed by atoms with E-state index < -0.39 is 0 Å². The van der Waals surface area contributed by atoms with E-state index in [9.17, 15) is 5.11 Å². The molecule has 0 aromatic heterocycles. The molecule has 0 saturated carbocycles. The molecule has 3 aromatic carbocycles. The van der Waals surface area contributed by atoms with Crippen molar-refractivity contribution in [2.75, 3.05) is 14.2 Å². The highest BCUT2D eigenvalue weighted by Gasteiger charge is 2.37. The number of benzene rings is 3. The van der Waals surface area contributed by atoms with E-state index in [-0.39, 0.29) is 17.8 Å². The summed E-state index contributed by atoms with van der Waals surface area (Å²) in [5, 5.41) is 11.0. The van der Waals surface area contributed by atoms with E-state index in [1.54, 1.807) is 19.2 Å². The molecular formula is C22H19ClO4. The van der Waals surface area contributed by atoms with Gasteiger partial charge in [0.2, 0.25) is 0 Å². The smallest absolute Gasteiger partial charge is 0.164 e. The zero-order valence-electron chi connectivity index (χ0n) is 15.0. The van der Waals surface area contributed by atoms with Crippen molar-refractivity contribution in [1.82, 2.24) is 0 Å². The number of rotatable bonds is 4. The number of ether oxygens (including phenoxy) is 3. The molecule has 1 aliphatic heterocycles. The van der Waals surface area contributed by atoms with E-state index >= 15 is 0 Å². The van der Waals surface area contributed by atoms with E-state index in [0.717, 1.165) is 22.4 Å². The van der Waals surface area contributed by atoms with E-state index in [4.69, 9.17) is 25.8 Å². The third-order valence-electron chi connectivity index (χ3n) is 4.88. The maximum atomic E-state index is 10.3. The Kier molecular flexibility index (Phi) is 4.58. The summed E-state index contributed by atoms with van der Waals surface area (Å²) >= 11 is 6.07. The van der Waals surface area contributed by atoms with Crippen molar-refractivity contribution in [2.24, 2.45) is 0 Å². The van der Waals surface area contributed by atoms with Crippen LogP contribution in [0.15, 0.2) is 60.7 Å². The highest BCUT2D eigenvalue weighted by Crippen LogP contribution is 2.52. The minimum atomic E-state index is -0.237. The quantitative estimate of drug-likeness (QED) is 0.662. The molecule has 5 heteroatoms. The Morgan fingerprint density at radius 2 is 1.56 bits per heavy atom. The molecule has 0 radical (unpaired) electrons. The molecule has 4 rings (SSSR count). The average molecular weight is 383 g/mol. The molecule has 1 N–H and O–H groups in total. The molecule has 0 unspecified atom stereocenters. The molecule has 0 amide bonds. The van der Waals surface area contributed by atoms with Crippen LogP contribution in [0, 0.1) is 0 Å². The molecular weight excluding hydrogens is 364 g/mol. The van der Waals surface area contributed by atoms with Crippen molar-refractivity contribution >= 4 is 11.6 Å². The minimum Gasteiger partial charge on any atom is -0.504 e. The van der Waals surface area contributed by atoms with Crippen molar-refractivity contribution in [2.45, 2.75) is 12.0 Å². The van der Waals surface area contributed by atoms with Gasteiger partial charge in [0.05, 0.1) is 20.1 Å². The highest BCUT2D eigenvalue weighted by atomic mass is 35.5. The number of aromatic hydroxyl groups is 1. The van der Waals surface area contributed by atoms with Crippen molar-refractivity contribution < 1.29 is 19.3 Å². The zero-order chi connectivity index (χ0) is 19.0. The topological polar surface area (TPSA) is 47.9 Å². The van der Waals surface area contributed by atoms with Gasteiger partial charge >= 0.3 is 0 Å². The molecule has 0 bridgehead atoms. The van der Waals surface area contributed by atoms with Crippen LogP contribution in [0.1, 0.15) is 28.7 Å². The van der Waals surface area contributed by atoms with Gasteiger partial charge in [0.15, 0.2) is 11.5 Å². The Morgan fingerprint density at radius 3 is 2.19 bits per heavy atom. The van der Waals surface area contributed by atoms with Crippen LogP contribution in [0.3, 0.4) is 0 Å². The van der Waals surface area contributed by atoms with Crippen molar-refractivity contribution in [3.63, 3.8) is 0 Å². The van der Waals surface area contributed by atoms with Gasteiger partial charge in [-0.3, -0.25) is 0 Å². The van der Waals surface area contributed by atoms with Gasteiger partial charge in [-0.2, -0.15) is 0 Å². The first kappa shape index (κ1) is 17.6. The Hall–Kier alpha value is -2.85. The summed E-state index contributed by atoms with van der Waals surface area (Å²) in [5.41, 5.74) is 2.99. The van der Waals surface area contributed by atoms with Crippen LogP contribution >= 0.6 is 11.6 Å². The van der Waals surface area contributed by atoms with Crippen molar-refractivity contribution in [1.29, 1.82) is 0 Å². The number of phenolic OH excluding ortho intramolecular Hbond substituents is 1. The van der Waals surface area contributed by atoms with E-state index in [0.29, 0.717) is 16.5 Å². The first-order chi connectivity index (χ1) is 13.1. The van der Waals surface area contributed by atoms with Gasteiger partial charge in [-0.1, -0.05) is 35.9 Å². The molecule has 27 heavy (non-hydrogen) atoms. The summed E-state index contributed by atoms with van der Waals surface area (Å²) in [5.74, 6) is 1.89. The van der Waals surface area contributed by atoms with Crippen molar-refractivity contribution in [3.8, 4) is 23.0 Å². The normalized spacial score (nSPS) is 17.9. The fourth-order valence-electron chi connectivity index (χ4n) is 3.52. The molecule has 0 fully saturated rings. The summed E-state index contributed by atoms with van der Waals surface area (Å²) in [7, 11) is 3.16. The summed E-state index contributed by atoms with van der Waals surface area (Å²) in [6.45, 7) is 0. The van der Waals surface area contributed by atoms with Crippen LogP contribution in [-0.4, -0.2) is 19.3 Å². The number of phenols is 1. The van der Waals surface area contributed by atoms with Crippen LogP contribution in [0.5, 0.6) is 23.0 Å². The van der Waals surface area contributed by atoms with Crippen LogP contribution in [-0.2, 0) is 0 Å². The lowest BCUT2D eigenvalue weighted by molar-refractivity contribution is 0.221. The fourth-order valence-corrected chi connectivity index (χ4v) is 3.65. The molecule has 138 valence electrons. The molecule has 2 atom stereocenters. The minimum absolute atomic E-state index is 0.0810. The van der Waals surface area contributed by atoms with E-state index in [1.807, 2.05) is 48.5 Å². The number of methoxy groups -OCH3 is 2. The Balaban J connectivity index is 1.83. The monoisotopic (exact) mass is 382 g/mol. The van der Waals surface area contributed by atoms with E-state index in [2.05, 4.69) is 0 Å². The molecule has 0 aliphatic carbocycles. The Labute approximate surface area is 162 Å². The summed E-state index contributed by atoms with van der Waals surface area (Å²) in [6.07, 6.45) is -0.237. The standard InChI is InChI=1S/C22H19ClO4/c1-25-16-9-5-14(6-10-16)22-21(13-3-7-15(23)8-4-13)17-11-18(24)20(26-2)12-19(17)27-22/h3-12,21-22,24H,1-2H3/t21-,22+/m0/s1. The first-order valence-corrected chi connectivity index (χ1v) is 8.95. The second-order valence-electron chi connectivity index (χ2n) is 6.40. The number of hydrogen-bond acceptors (Lipinski definition) is 4. The average Bonchev–Trinajstić information content (AvgIpc) is 3.06. The highest BCUT2D eigenvalue weighted by molar-refractivity contribution is 6.30. The second kappa shape index (κ2) is 7.05. The Bertz CT molecular complexity index is 951. The van der Waals surface area contributed by atoms with Gasteiger partial charge in [0, 0.05) is 16.7 Å². The molecule has 3 aromatic rings. The van der Waals surface area contributed by atoms with Gasteiger partial charge in [0.25, 0.3) is 0 Å². The summed E-state index contributed by atoms with van der Waals surface area (Å²) in [4.78, 5) is 0. The van der Waals surface area contributed by atoms with Crippen molar-refractivity contribution in [3.05, 3.63) is 82.4 Å². The molecule has 0 saturated heterocycles. The van der Waals surface area contributed by atoms with Crippen LogP contribution in [0.2, 0.25) is 5.02 Å². The van der Waals surface area contributed by atoms with Gasteiger partial charge in [-0.15, -0.1) is 0 Å². The number of hydrogen-bond donors (Lipinski definition) is 1. The maximum absolute atomic E-state index is 10.3. The third kappa shape index (κ3) is 3.17. The Morgan fingerprint density at radius 1 is 0.889 bits per heavy atom. The SMILES string of the molecule is COc1ccc([C@H]2Oc3cc(OC)c(O)cc3[C@@H]2c2ccc(Cl)cc2)cc1. The predicted octanol–water partition coefficient (Wildman–Crippen LogP) is 5.33. The lowest BCUT2D eigenvalue weighted by Gasteiger charge is -2.20. The lowest BCUT2D eigenvalue weighted by atomic mass is 9.85. The lowest BCUT2D eigenvalue weighted by Crippen LogP contribution is -2.11. The van der Waals surface area contributed by atoms with Gasteiger partial charge in [0.1, 0.15) is 17.6 Å². The van der Waals surface area contributed by atoms with Gasteiger partial charge in [-0.05, 0) is 41.5 Å². The summed E-state index contributed by atoms with van der Waals surface area (Å²) < 4.78 is 16.8. The third-order valence-corrected chi connectivity index (χ3v) is 5.13. The summed E-state index contributed by atoms with van der Waals surface area (Å²) in [6, 6.07) is 19.0. The number of halogens is 1. The molecule has 4 nitrogen and oxygen atoms in total. The van der Waals surface area contributed by atoms with Gasteiger partial charge < -0.3 is 19.3 Å². The van der Waals surface area contributed by atoms with Crippen LogP contribution in [0.25, 0.3) is 0 Å². The largest absolute Gasteiger partial charge is 0.504 e. The molecule has 1 aliphatic rings. The molecule has 1 heterocycles. The second-order valence-corrected chi connectivity index (χ2v) is 6.84. The first-order valence-electron chi connectivity index (χ1n) is 8.57. The van der Waals surface area contributed by atoms with E-state index in [1.165, 1.54) is 7.11 Å². The number of fused-ring (bicyclic) bond motifs is 1.